The lowest BCUT2D eigenvalue weighted by Crippen LogP contribution is -2.49. The summed E-state index contributed by atoms with van der Waals surface area (Å²) in [5.41, 5.74) is 0. The second kappa shape index (κ2) is 8.60. The fraction of sp³-hybridized carbons (Fsp3) is 0.933. The molecule has 5 nitrogen and oxygen atoms in total. The van der Waals surface area contributed by atoms with E-state index in [0.717, 1.165) is 65.0 Å². The quantitative estimate of drug-likeness (QED) is 0.755. The highest BCUT2D eigenvalue weighted by molar-refractivity contribution is 5.78. The van der Waals surface area contributed by atoms with Crippen molar-refractivity contribution in [3.8, 4) is 0 Å². The van der Waals surface area contributed by atoms with E-state index in [2.05, 4.69) is 22.5 Å². The van der Waals surface area contributed by atoms with Crippen molar-refractivity contribution in [1.82, 2.24) is 15.5 Å². The number of nitrogens with zero attached hydrogens (tertiary/aromatic N) is 1. The molecular weight excluding hydrogens is 254 g/mol. The van der Waals surface area contributed by atoms with Crippen molar-refractivity contribution in [2.45, 2.75) is 51.1 Å². The zero-order valence-corrected chi connectivity index (χ0v) is 12.7. The normalized spacial score (nSPS) is 22.1. The highest BCUT2D eigenvalue weighted by Gasteiger charge is 2.23. The summed E-state index contributed by atoms with van der Waals surface area (Å²) in [6.45, 7) is 7.46. The molecule has 0 aromatic heterocycles. The van der Waals surface area contributed by atoms with Gasteiger partial charge in [-0.1, -0.05) is 6.92 Å². The van der Waals surface area contributed by atoms with E-state index in [9.17, 15) is 4.79 Å². The van der Waals surface area contributed by atoms with E-state index in [1.807, 2.05) is 0 Å². The largest absolute Gasteiger partial charge is 0.381 e. The summed E-state index contributed by atoms with van der Waals surface area (Å²) < 4.78 is 5.33. The van der Waals surface area contributed by atoms with E-state index in [4.69, 9.17) is 4.74 Å². The van der Waals surface area contributed by atoms with Gasteiger partial charge in [-0.3, -0.25) is 9.69 Å². The molecule has 2 saturated heterocycles. The SMILES string of the molecule is CCCN(CC(=O)NC1CCOCC1)C1CCNCC1. The molecule has 0 saturated carbocycles. The smallest absolute Gasteiger partial charge is 0.234 e. The van der Waals surface area contributed by atoms with Crippen LogP contribution in [0.2, 0.25) is 0 Å². The highest BCUT2D eigenvalue weighted by Crippen LogP contribution is 2.12. The van der Waals surface area contributed by atoms with Crippen LogP contribution in [-0.4, -0.2) is 62.3 Å². The molecule has 5 heteroatoms. The van der Waals surface area contributed by atoms with E-state index in [-0.39, 0.29) is 5.91 Å². The van der Waals surface area contributed by atoms with E-state index < -0.39 is 0 Å². The molecule has 0 aliphatic carbocycles. The highest BCUT2D eigenvalue weighted by atomic mass is 16.5. The first-order valence-electron chi connectivity index (χ1n) is 8.11. The third kappa shape index (κ3) is 5.04. The molecule has 0 atom stereocenters. The maximum Gasteiger partial charge on any atom is 0.234 e. The van der Waals surface area contributed by atoms with Crippen LogP contribution in [0.5, 0.6) is 0 Å². The van der Waals surface area contributed by atoms with Gasteiger partial charge in [0.05, 0.1) is 6.54 Å². The number of ether oxygens (including phenoxy) is 1. The zero-order valence-electron chi connectivity index (χ0n) is 12.7. The Labute approximate surface area is 122 Å². The van der Waals surface area contributed by atoms with Gasteiger partial charge in [-0.25, -0.2) is 0 Å². The number of hydrogen-bond donors (Lipinski definition) is 2. The number of carbonyl (C=O) groups excluding carboxylic acids is 1. The standard InChI is InChI=1S/C15H29N3O2/c1-2-9-18(14-3-7-16-8-4-14)12-15(19)17-13-5-10-20-11-6-13/h13-14,16H,2-12H2,1H3,(H,17,19). The van der Waals surface area contributed by atoms with E-state index in [0.29, 0.717) is 18.6 Å². The Morgan fingerprint density at radius 3 is 2.60 bits per heavy atom. The Hall–Kier alpha value is -0.650. The van der Waals surface area contributed by atoms with Crippen LogP contribution in [0.1, 0.15) is 39.0 Å². The molecule has 2 aliphatic heterocycles. The minimum absolute atomic E-state index is 0.184. The van der Waals surface area contributed by atoms with Gasteiger partial charge in [-0.05, 0) is 51.7 Å². The average molecular weight is 283 g/mol. The minimum atomic E-state index is 0.184. The zero-order chi connectivity index (χ0) is 14.2. The molecule has 116 valence electrons. The van der Waals surface area contributed by atoms with Gasteiger partial charge in [-0.15, -0.1) is 0 Å². The average Bonchev–Trinajstić information content (AvgIpc) is 2.49. The summed E-state index contributed by atoms with van der Waals surface area (Å²) >= 11 is 0. The maximum absolute atomic E-state index is 12.2. The van der Waals surface area contributed by atoms with Gasteiger partial charge in [0, 0.05) is 25.3 Å². The Kier molecular flexibility index (Phi) is 6.76. The lowest BCUT2D eigenvalue weighted by molar-refractivity contribution is -0.124. The van der Waals surface area contributed by atoms with Crippen LogP contribution >= 0.6 is 0 Å². The van der Waals surface area contributed by atoms with Crippen LogP contribution < -0.4 is 10.6 Å². The van der Waals surface area contributed by atoms with Crippen LogP contribution in [-0.2, 0) is 9.53 Å². The third-order valence-electron chi connectivity index (χ3n) is 4.27. The van der Waals surface area contributed by atoms with Gasteiger partial charge in [0.2, 0.25) is 5.91 Å². The first-order valence-corrected chi connectivity index (χ1v) is 8.11. The first kappa shape index (κ1) is 15.7. The summed E-state index contributed by atoms with van der Waals surface area (Å²) in [5, 5.41) is 6.56. The Morgan fingerprint density at radius 1 is 1.25 bits per heavy atom. The van der Waals surface area contributed by atoms with Crippen molar-refractivity contribution in [3.05, 3.63) is 0 Å². The van der Waals surface area contributed by atoms with Crippen molar-refractivity contribution in [2.75, 3.05) is 39.4 Å². The minimum Gasteiger partial charge on any atom is -0.381 e. The number of rotatable bonds is 6. The first-order chi connectivity index (χ1) is 9.79. The summed E-state index contributed by atoms with van der Waals surface area (Å²) in [6.07, 6.45) is 5.32. The lowest BCUT2D eigenvalue weighted by Gasteiger charge is -2.34. The Morgan fingerprint density at radius 2 is 1.95 bits per heavy atom. The second-order valence-electron chi connectivity index (χ2n) is 5.91. The fourth-order valence-corrected chi connectivity index (χ4v) is 3.15. The van der Waals surface area contributed by atoms with Gasteiger partial charge in [0.15, 0.2) is 0 Å². The summed E-state index contributed by atoms with van der Waals surface area (Å²) in [4.78, 5) is 14.6. The molecule has 0 unspecified atom stereocenters. The van der Waals surface area contributed by atoms with Gasteiger partial charge < -0.3 is 15.4 Å². The molecule has 0 bridgehead atoms. The molecule has 2 fully saturated rings. The summed E-state index contributed by atoms with van der Waals surface area (Å²) in [7, 11) is 0. The molecule has 0 aromatic carbocycles. The predicted octanol–water partition coefficient (Wildman–Crippen LogP) is 0.746. The summed E-state index contributed by atoms with van der Waals surface area (Å²) in [5.74, 6) is 0.184. The van der Waals surface area contributed by atoms with E-state index >= 15 is 0 Å². The lowest BCUT2D eigenvalue weighted by atomic mass is 10.0. The van der Waals surface area contributed by atoms with Crippen LogP contribution in [0.3, 0.4) is 0 Å². The third-order valence-corrected chi connectivity index (χ3v) is 4.27. The summed E-state index contributed by atoms with van der Waals surface area (Å²) in [6, 6.07) is 0.879. The number of piperidine rings is 1. The van der Waals surface area contributed by atoms with Crippen molar-refractivity contribution in [3.63, 3.8) is 0 Å². The van der Waals surface area contributed by atoms with Crippen LogP contribution in [0, 0.1) is 0 Å². The molecule has 0 radical (unpaired) electrons. The molecule has 0 aromatic rings. The van der Waals surface area contributed by atoms with Crippen LogP contribution in [0.25, 0.3) is 0 Å². The monoisotopic (exact) mass is 283 g/mol. The van der Waals surface area contributed by atoms with E-state index in [1.165, 1.54) is 0 Å². The molecule has 1 amide bonds. The van der Waals surface area contributed by atoms with Gasteiger partial charge in [0.25, 0.3) is 0 Å². The maximum atomic E-state index is 12.2. The van der Waals surface area contributed by atoms with Crippen molar-refractivity contribution in [1.29, 1.82) is 0 Å². The molecular formula is C15H29N3O2. The van der Waals surface area contributed by atoms with Crippen LogP contribution in [0.15, 0.2) is 0 Å². The van der Waals surface area contributed by atoms with E-state index in [1.54, 1.807) is 0 Å². The molecule has 2 aliphatic rings. The van der Waals surface area contributed by atoms with Gasteiger partial charge >= 0.3 is 0 Å². The Balaban J connectivity index is 1.78. The van der Waals surface area contributed by atoms with Crippen molar-refractivity contribution < 1.29 is 9.53 Å². The molecule has 2 rings (SSSR count). The van der Waals surface area contributed by atoms with Gasteiger partial charge in [0.1, 0.15) is 0 Å². The number of nitrogens with one attached hydrogen (secondary N) is 2. The Bertz CT molecular complexity index is 287. The fourth-order valence-electron chi connectivity index (χ4n) is 3.15. The van der Waals surface area contributed by atoms with Crippen LogP contribution in [0.4, 0.5) is 0 Å². The molecule has 20 heavy (non-hydrogen) atoms. The number of hydrogen-bond acceptors (Lipinski definition) is 4. The van der Waals surface area contributed by atoms with Crippen molar-refractivity contribution >= 4 is 5.91 Å². The predicted molar refractivity (Wildman–Crippen MR) is 79.7 cm³/mol. The topological polar surface area (TPSA) is 53.6 Å². The number of carbonyl (C=O) groups is 1. The van der Waals surface area contributed by atoms with Crippen molar-refractivity contribution in [2.24, 2.45) is 0 Å². The molecule has 2 heterocycles. The second-order valence-corrected chi connectivity index (χ2v) is 5.91. The molecule has 2 N–H and O–H groups in total. The molecule has 0 spiro atoms. The van der Waals surface area contributed by atoms with Gasteiger partial charge in [-0.2, -0.15) is 0 Å². The number of amides is 1.